The van der Waals surface area contributed by atoms with Gasteiger partial charge < -0.3 is 10.2 Å². The molecule has 2 unspecified atom stereocenters. The zero-order valence-electron chi connectivity index (χ0n) is 13.8. The molecular weight excluding hydrogens is 234 g/mol. The lowest BCUT2D eigenvalue weighted by Crippen LogP contribution is -2.45. The zero-order chi connectivity index (χ0) is 14.3. The maximum absolute atomic E-state index is 3.52. The molecule has 1 aliphatic heterocycles. The van der Waals surface area contributed by atoms with Crippen LogP contribution in [0, 0.1) is 5.41 Å². The van der Waals surface area contributed by atoms with E-state index in [9.17, 15) is 0 Å². The van der Waals surface area contributed by atoms with E-state index in [0.717, 1.165) is 19.1 Å². The van der Waals surface area contributed by atoms with E-state index >= 15 is 0 Å². The van der Waals surface area contributed by atoms with Crippen molar-refractivity contribution in [2.45, 2.75) is 53.0 Å². The standard InChI is InChI=1S/C16H35N3/c1-6-16(4,13-17-7-2)14-18(5)12-15-10-9-11-19(15)8-3/h15,17H,6-14H2,1-5H3. The smallest absolute Gasteiger partial charge is 0.0223 e. The van der Waals surface area contributed by atoms with E-state index in [1.165, 1.54) is 45.4 Å². The Hall–Kier alpha value is -0.120. The lowest BCUT2D eigenvalue weighted by atomic mass is 9.86. The minimum absolute atomic E-state index is 0.403. The van der Waals surface area contributed by atoms with Crippen LogP contribution in [0.3, 0.4) is 0 Å². The zero-order valence-corrected chi connectivity index (χ0v) is 13.8. The van der Waals surface area contributed by atoms with Gasteiger partial charge in [0.15, 0.2) is 0 Å². The molecule has 19 heavy (non-hydrogen) atoms. The molecule has 1 aliphatic rings. The van der Waals surface area contributed by atoms with E-state index in [2.05, 4.69) is 49.9 Å². The lowest BCUT2D eigenvalue weighted by molar-refractivity contribution is 0.142. The molecule has 0 amide bonds. The fourth-order valence-corrected chi connectivity index (χ4v) is 3.31. The fraction of sp³-hybridized carbons (Fsp3) is 1.00. The van der Waals surface area contributed by atoms with Crippen molar-refractivity contribution in [2.75, 3.05) is 46.3 Å². The lowest BCUT2D eigenvalue weighted by Gasteiger charge is -2.35. The maximum atomic E-state index is 3.52. The van der Waals surface area contributed by atoms with Crippen molar-refractivity contribution in [1.82, 2.24) is 15.1 Å². The highest BCUT2D eigenvalue weighted by molar-refractivity contribution is 4.84. The maximum Gasteiger partial charge on any atom is 0.0223 e. The molecule has 0 bridgehead atoms. The van der Waals surface area contributed by atoms with Gasteiger partial charge in [0.2, 0.25) is 0 Å². The third kappa shape index (κ3) is 5.41. The molecule has 0 spiro atoms. The van der Waals surface area contributed by atoms with Crippen molar-refractivity contribution >= 4 is 0 Å². The van der Waals surface area contributed by atoms with Gasteiger partial charge in [-0.15, -0.1) is 0 Å². The van der Waals surface area contributed by atoms with Crippen molar-refractivity contribution < 1.29 is 0 Å². The quantitative estimate of drug-likeness (QED) is 0.693. The summed E-state index contributed by atoms with van der Waals surface area (Å²) in [5.74, 6) is 0. The Balaban J connectivity index is 2.41. The monoisotopic (exact) mass is 269 g/mol. The normalized spacial score (nSPS) is 24.0. The van der Waals surface area contributed by atoms with Crippen LogP contribution in [0.4, 0.5) is 0 Å². The van der Waals surface area contributed by atoms with Crippen LogP contribution in [0.15, 0.2) is 0 Å². The Bertz CT molecular complexity index is 244. The minimum atomic E-state index is 0.403. The molecule has 0 saturated carbocycles. The summed E-state index contributed by atoms with van der Waals surface area (Å²) in [6, 6.07) is 0.787. The SMILES string of the molecule is CCNCC(C)(CC)CN(C)CC1CCCN1CC. The second-order valence-electron chi connectivity index (χ2n) is 6.57. The molecule has 1 rings (SSSR count). The van der Waals surface area contributed by atoms with Crippen molar-refractivity contribution in [3.05, 3.63) is 0 Å². The molecule has 1 heterocycles. The summed E-state index contributed by atoms with van der Waals surface area (Å²) in [6.45, 7) is 16.4. The van der Waals surface area contributed by atoms with Crippen molar-refractivity contribution in [3.8, 4) is 0 Å². The molecule has 0 radical (unpaired) electrons. The number of hydrogen-bond donors (Lipinski definition) is 1. The number of rotatable bonds is 9. The molecular formula is C16H35N3. The molecule has 0 aromatic rings. The number of nitrogens with one attached hydrogen (secondary N) is 1. The van der Waals surface area contributed by atoms with Crippen LogP contribution in [0.25, 0.3) is 0 Å². The highest BCUT2D eigenvalue weighted by Gasteiger charge is 2.28. The van der Waals surface area contributed by atoms with E-state index in [0.29, 0.717) is 5.41 Å². The van der Waals surface area contributed by atoms with E-state index in [1.807, 2.05) is 0 Å². The predicted molar refractivity (Wildman–Crippen MR) is 84.7 cm³/mol. The summed E-state index contributed by atoms with van der Waals surface area (Å²) in [5.41, 5.74) is 0.403. The molecule has 2 atom stereocenters. The summed E-state index contributed by atoms with van der Waals surface area (Å²) in [4.78, 5) is 5.20. The van der Waals surface area contributed by atoms with Crippen LogP contribution < -0.4 is 5.32 Å². The number of nitrogens with zero attached hydrogens (tertiary/aromatic N) is 2. The van der Waals surface area contributed by atoms with Gasteiger partial charge >= 0.3 is 0 Å². The largest absolute Gasteiger partial charge is 0.316 e. The first kappa shape index (κ1) is 16.9. The molecule has 0 aromatic carbocycles. The Kier molecular flexibility index (Phi) is 7.33. The van der Waals surface area contributed by atoms with Crippen molar-refractivity contribution in [2.24, 2.45) is 5.41 Å². The summed E-state index contributed by atoms with van der Waals surface area (Å²) in [5, 5.41) is 3.52. The average molecular weight is 269 g/mol. The van der Waals surface area contributed by atoms with Crippen LogP contribution in [0.5, 0.6) is 0 Å². The third-order valence-electron chi connectivity index (χ3n) is 4.73. The summed E-state index contributed by atoms with van der Waals surface area (Å²) >= 11 is 0. The summed E-state index contributed by atoms with van der Waals surface area (Å²) < 4.78 is 0. The first-order chi connectivity index (χ1) is 9.04. The molecule has 1 fully saturated rings. The number of likely N-dealkylation sites (tertiary alicyclic amines) is 1. The van der Waals surface area contributed by atoms with Gasteiger partial charge in [-0.2, -0.15) is 0 Å². The summed E-state index contributed by atoms with van der Waals surface area (Å²) in [7, 11) is 2.30. The van der Waals surface area contributed by atoms with Gasteiger partial charge in [-0.3, -0.25) is 4.90 Å². The Morgan fingerprint density at radius 1 is 1.32 bits per heavy atom. The number of hydrogen-bond acceptors (Lipinski definition) is 3. The van der Waals surface area contributed by atoms with Crippen LogP contribution in [0.1, 0.15) is 47.0 Å². The van der Waals surface area contributed by atoms with E-state index in [4.69, 9.17) is 0 Å². The van der Waals surface area contributed by atoms with Crippen LogP contribution in [-0.2, 0) is 0 Å². The Morgan fingerprint density at radius 2 is 2.05 bits per heavy atom. The van der Waals surface area contributed by atoms with E-state index in [1.54, 1.807) is 0 Å². The molecule has 3 nitrogen and oxygen atoms in total. The van der Waals surface area contributed by atoms with Gasteiger partial charge in [-0.25, -0.2) is 0 Å². The summed E-state index contributed by atoms with van der Waals surface area (Å²) in [6.07, 6.45) is 4.01. The van der Waals surface area contributed by atoms with Gasteiger partial charge in [0.1, 0.15) is 0 Å². The van der Waals surface area contributed by atoms with Crippen molar-refractivity contribution in [1.29, 1.82) is 0 Å². The van der Waals surface area contributed by atoms with Gasteiger partial charge in [-0.05, 0) is 51.4 Å². The topological polar surface area (TPSA) is 18.5 Å². The van der Waals surface area contributed by atoms with Crippen LogP contribution >= 0.6 is 0 Å². The second-order valence-corrected chi connectivity index (χ2v) is 6.57. The van der Waals surface area contributed by atoms with Gasteiger partial charge in [0.25, 0.3) is 0 Å². The van der Waals surface area contributed by atoms with E-state index < -0.39 is 0 Å². The minimum Gasteiger partial charge on any atom is -0.316 e. The molecule has 3 heteroatoms. The fourth-order valence-electron chi connectivity index (χ4n) is 3.31. The van der Waals surface area contributed by atoms with Crippen LogP contribution in [0.2, 0.25) is 0 Å². The number of likely N-dealkylation sites (N-methyl/N-ethyl adjacent to an activating group) is 2. The van der Waals surface area contributed by atoms with Gasteiger partial charge in [-0.1, -0.05) is 27.7 Å². The Morgan fingerprint density at radius 3 is 2.63 bits per heavy atom. The highest BCUT2D eigenvalue weighted by Crippen LogP contribution is 2.23. The average Bonchev–Trinajstić information content (AvgIpc) is 2.83. The van der Waals surface area contributed by atoms with Crippen molar-refractivity contribution in [3.63, 3.8) is 0 Å². The van der Waals surface area contributed by atoms with Gasteiger partial charge in [0.05, 0.1) is 0 Å². The second kappa shape index (κ2) is 8.23. The first-order valence-corrected chi connectivity index (χ1v) is 8.18. The Labute approximate surface area is 120 Å². The molecule has 1 saturated heterocycles. The van der Waals surface area contributed by atoms with E-state index in [-0.39, 0.29) is 0 Å². The van der Waals surface area contributed by atoms with Crippen LogP contribution in [-0.4, -0.2) is 62.2 Å². The van der Waals surface area contributed by atoms with Gasteiger partial charge in [0, 0.05) is 25.7 Å². The molecule has 114 valence electrons. The first-order valence-electron chi connectivity index (χ1n) is 8.18. The molecule has 0 aromatic heterocycles. The third-order valence-corrected chi connectivity index (χ3v) is 4.73. The molecule has 1 N–H and O–H groups in total. The highest BCUT2D eigenvalue weighted by atomic mass is 15.2. The predicted octanol–water partition coefficient (Wildman–Crippen LogP) is 2.43. The molecule has 0 aliphatic carbocycles.